The van der Waals surface area contributed by atoms with E-state index in [1.165, 1.54) is 35.9 Å². The molecule has 0 aliphatic carbocycles. The van der Waals surface area contributed by atoms with Gasteiger partial charge in [-0.1, -0.05) is 0 Å². The molecule has 0 bridgehead atoms. The first-order valence-corrected chi connectivity index (χ1v) is 5.44. The van der Waals surface area contributed by atoms with E-state index in [0.717, 1.165) is 0 Å². The Morgan fingerprint density at radius 3 is 2.88 bits per heavy atom. The first-order valence-electron chi connectivity index (χ1n) is 4.56. The van der Waals surface area contributed by atoms with Gasteiger partial charge in [-0.25, -0.2) is 9.78 Å². The molecular formula is C10H7N3O3S. The molecule has 7 heteroatoms. The van der Waals surface area contributed by atoms with E-state index in [0.29, 0.717) is 10.6 Å². The van der Waals surface area contributed by atoms with Crippen LogP contribution in [0.5, 0.6) is 0 Å². The fourth-order valence-corrected chi connectivity index (χ4v) is 1.66. The summed E-state index contributed by atoms with van der Waals surface area (Å²) in [5, 5.41) is 11.3. The van der Waals surface area contributed by atoms with E-state index < -0.39 is 5.97 Å². The molecule has 0 unspecified atom stereocenters. The summed E-state index contributed by atoms with van der Waals surface area (Å²) in [7, 11) is 0. The molecular weight excluding hydrogens is 242 g/mol. The molecule has 0 aliphatic rings. The molecule has 0 radical (unpaired) electrons. The van der Waals surface area contributed by atoms with Crippen molar-refractivity contribution in [1.82, 2.24) is 9.97 Å². The average Bonchev–Trinajstić information content (AvgIpc) is 2.82. The van der Waals surface area contributed by atoms with E-state index >= 15 is 0 Å². The molecule has 2 aromatic heterocycles. The van der Waals surface area contributed by atoms with Crippen LogP contribution in [-0.4, -0.2) is 27.0 Å². The maximum Gasteiger partial charge on any atom is 0.354 e. The summed E-state index contributed by atoms with van der Waals surface area (Å²) in [6.07, 6.45) is 2.77. The molecule has 0 aromatic carbocycles. The molecule has 0 spiro atoms. The van der Waals surface area contributed by atoms with Crippen LogP contribution < -0.4 is 5.32 Å². The van der Waals surface area contributed by atoms with Crippen molar-refractivity contribution in [2.24, 2.45) is 0 Å². The maximum atomic E-state index is 11.6. The minimum absolute atomic E-state index is 0.118. The lowest BCUT2D eigenvalue weighted by Gasteiger charge is -2.03. The normalized spacial score (nSPS) is 9.88. The number of pyridine rings is 1. The van der Waals surface area contributed by atoms with Crippen LogP contribution in [-0.2, 0) is 0 Å². The van der Waals surface area contributed by atoms with Crippen molar-refractivity contribution in [2.75, 3.05) is 5.32 Å². The third-order valence-electron chi connectivity index (χ3n) is 1.89. The van der Waals surface area contributed by atoms with Crippen LogP contribution in [0.1, 0.15) is 20.2 Å². The van der Waals surface area contributed by atoms with Crippen molar-refractivity contribution in [1.29, 1.82) is 0 Å². The Labute approximate surface area is 100.0 Å². The highest BCUT2D eigenvalue weighted by molar-refractivity contribution is 7.11. The second-order valence-electron chi connectivity index (χ2n) is 3.05. The van der Waals surface area contributed by atoms with Gasteiger partial charge >= 0.3 is 5.97 Å². The summed E-state index contributed by atoms with van der Waals surface area (Å²) in [5.74, 6) is -1.46. The lowest BCUT2D eigenvalue weighted by Crippen LogP contribution is -2.11. The SMILES string of the molecule is O=C(O)c1cc(NC(=O)c2cncs2)ccn1. The van der Waals surface area contributed by atoms with Crippen molar-refractivity contribution < 1.29 is 14.7 Å². The molecule has 0 saturated carbocycles. The Kier molecular flexibility index (Phi) is 3.10. The topological polar surface area (TPSA) is 92.2 Å². The summed E-state index contributed by atoms with van der Waals surface area (Å²) >= 11 is 1.21. The molecule has 17 heavy (non-hydrogen) atoms. The number of hydrogen-bond donors (Lipinski definition) is 2. The number of hydrogen-bond acceptors (Lipinski definition) is 5. The number of rotatable bonds is 3. The Balaban J connectivity index is 2.16. The van der Waals surface area contributed by atoms with Gasteiger partial charge in [0.05, 0.1) is 11.7 Å². The first kappa shape index (κ1) is 11.2. The number of carbonyl (C=O) groups excluding carboxylic acids is 1. The van der Waals surface area contributed by atoms with Gasteiger partial charge < -0.3 is 10.4 Å². The fraction of sp³-hybridized carbons (Fsp3) is 0. The Morgan fingerprint density at radius 2 is 2.24 bits per heavy atom. The molecule has 2 N–H and O–H groups in total. The van der Waals surface area contributed by atoms with Crippen molar-refractivity contribution >= 4 is 28.9 Å². The number of nitrogens with zero attached hydrogens (tertiary/aromatic N) is 2. The number of anilines is 1. The second-order valence-corrected chi connectivity index (χ2v) is 3.94. The number of carbonyl (C=O) groups is 2. The highest BCUT2D eigenvalue weighted by Crippen LogP contribution is 2.12. The Hall–Kier alpha value is -2.28. The number of carboxylic acid groups (broad SMARTS) is 1. The van der Waals surface area contributed by atoms with Gasteiger partial charge in [0.25, 0.3) is 5.91 Å². The summed E-state index contributed by atoms with van der Waals surface area (Å²) in [5.41, 5.74) is 1.81. The van der Waals surface area contributed by atoms with Gasteiger partial charge in [0, 0.05) is 11.9 Å². The Bertz CT molecular complexity index is 554. The smallest absolute Gasteiger partial charge is 0.354 e. The third-order valence-corrected chi connectivity index (χ3v) is 2.66. The summed E-state index contributed by atoms with van der Waals surface area (Å²) in [4.78, 5) is 30.2. The lowest BCUT2D eigenvalue weighted by atomic mass is 10.3. The van der Waals surface area contributed by atoms with Gasteiger partial charge in [-0.05, 0) is 12.1 Å². The van der Waals surface area contributed by atoms with E-state index in [1.807, 2.05) is 0 Å². The zero-order valence-corrected chi connectivity index (χ0v) is 9.27. The third kappa shape index (κ3) is 2.64. The van der Waals surface area contributed by atoms with Crippen LogP contribution >= 0.6 is 11.3 Å². The zero-order chi connectivity index (χ0) is 12.3. The van der Waals surface area contributed by atoms with Crippen LogP contribution in [0.2, 0.25) is 0 Å². The van der Waals surface area contributed by atoms with Crippen LogP contribution in [0.3, 0.4) is 0 Å². The molecule has 1 amide bonds. The molecule has 2 heterocycles. The molecule has 0 saturated heterocycles. The maximum absolute atomic E-state index is 11.6. The predicted octanol–water partition coefficient (Wildman–Crippen LogP) is 1.49. The minimum atomic E-state index is -1.14. The fourth-order valence-electron chi connectivity index (χ4n) is 1.15. The van der Waals surface area contributed by atoms with E-state index in [9.17, 15) is 9.59 Å². The van der Waals surface area contributed by atoms with Gasteiger partial charge in [0.1, 0.15) is 10.6 Å². The average molecular weight is 249 g/mol. The quantitative estimate of drug-likeness (QED) is 0.859. The number of carboxylic acids is 1. The highest BCUT2D eigenvalue weighted by atomic mass is 32.1. The molecule has 0 fully saturated rings. The zero-order valence-electron chi connectivity index (χ0n) is 8.45. The summed E-state index contributed by atoms with van der Waals surface area (Å²) in [6.45, 7) is 0. The van der Waals surface area contributed by atoms with Gasteiger partial charge in [-0.2, -0.15) is 0 Å². The number of amides is 1. The van der Waals surface area contributed by atoms with E-state index in [4.69, 9.17) is 5.11 Å². The molecule has 86 valence electrons. The van der Waals surface area contributed by atoms with E-state index in [2.05, 4.69) is 15.3 Å². The van der Waals surface area contributed by atoms with Crippen molar-refractivity contribution in [3.63, 3.8) is 0 Å². The van der Waals surface area contributed by atoms with Crippen molar-refractivity contribution in [2.45, 2.75) is 0 Å². The lowest BCUT2D eigenvalue weighted by molar-refractivity contribution is 0.0690. The number of aromatic carboxylic acids is 1. The van der Waals surface area contributed by atoms with Crippen LogP contribution in [0.4, 0.5) is 5.69 Å². The largest absolute Gasteiger partial charge is 0.477 e. The van der Waals surface area contributed by atoms with Crippen LogP contribution in [0, 0.1) is 0 Å². The number of thiazole rings is 1. The molecule has 6 nitrogen and oxygen atoms in total. The first-order chi connectivity index (χ1) is 8.16. The van der Waals surface area contributed by atoms with Crippen LogP contribution in [0.15, 0.2) is 30.0 Å². The number of aromatic nitrogens is 2. The summed E-state index contributed by atoms with van der Waals surface area (Å²) < 4.78 is 0. The molecule has 0 atom stereocenters. The van der Waals surface area contributed by atoms with Gasteiger partial charge in [0.2, 0.25) is 0 Å². The molecule has 2 rings (SSSR count). The predicted molar refractivity (Wildman–Crippen MR) is 61.3 cm³/mol. The van der Waals surface area contributed by atoms with E-state index in [-0.39, 0.29) is 11.6 Å². The van der Waals surface area contributed by atoms with Crippen molar-refractivity contribution in [3.8, 4) is 0 Å². The van der Waals surface area contributed by atoms with Gasteiger partial charge in [-0.3, -0.25) is 9.78 Å². The van der Waals surface area contributed by atoms with Crippen LogP contribution in [0.25, 0.3) is 0 Å². The highest BCUT2D eigenvalue weighted by Gasteiger charge is 2.10. The monoisotopic (exact) mass is 249 g/mol. The molecule has 0 aliphatic heterocycles. The summed E-state index contributed by atoms with van der Waals surface area (Å²) in [6, 6.07) is 2.81. The molecule has 2 aromatic rings. The minimum Gasteiger partial charge on any atom is -0.477 e. The van der Waals surface area contributed by atoms with E-state index in [1.54, 1.807) is 5.51 Å². The Morgan fingerprint density at radius 1 is 1.41 bits per heavy atom. The standard InChI is InChI=1S/C10H7N3O3S/c14-9(8-4-11-5-17-8)13-6-1-2-12-7(3-6)10(15)16/h1-5H,(H,15,16)(H,12,13,14). The van der Waals surface area contributed by atoms with Gasteiger partial charge in [0.15, 0.2) is 0 Å². The number of nitrogens with one attached hydrogen (secondary N) is 1. The van der Waals surface area contributed by atoms with Gasteiger partial charge in [-0.15, -0.1) is 11.3 Å². The second kappa shape index (κ2) is 4.71. The van der Waals surface area contributed by atoms with Crippen molar-refractivity contribution in [3.05, 3.63) is 40.6 Å².